The zero-order valence-electron chi connectivity index (χ0n) is 36.4. The second-order valence-corrected chi connectivity index (χ2v) is 20.1. The van der Waals surface area contributed by atoms with E-state index in [0.29, 0.717) is 0 Å². The zero-order chi connectivity index (χ0) is 39.0. The molecule has 0 atom stereocenters. The Morgan fingerprint density at radius 3 is 0.949 bits per heavy atom. The molecule has 0 fully saturated rings. The molecule has 0 nitrogen and oxygen atoms in total. The first-order valence-corrected chi connectivity index (χ1v) is 22.1. The van der Waals surface area contributed by atoms with Gasteiger partial charge in [0.05, 0.1) is 0 Å². The van der Waals surface area contributed by atoms with Crippen LogP contribution in [0.3, 0.4) is 0 Å². The van der Waals surface area contributed by atoms with E-state index in [9.17, 15) is 0 Å². The fourth-order valence-electron chi connectivity index (χ4n) is 9.72. The minimum absolute atomic E-state index is 0. The zero-order valence-corrected chi connectivity index (χ0v) is 41.2. The van der Waals surface area contributed by atoms with E-state index >= 15 is 0 Å². The van der Waals surface area contributed by atoms with Crippen molar-refractivity contribution < 1.29 is 58.9 Å². The Kier molecular flexibility index (Phi) is 17.6. The molecular weight excluding hydrogens is 831 g/mol. The molecular formula is C54H57Cl3SiTi. The van der Waals surface area contributed by atoms with Gasteiger partial charge in [0, 0.05) is 0 Å². The van der Waals surface area contributed by atoms with Crippen LogP contribution in [0.2, 0.25) is 0 Å². The molecule has 0 radical (unpaired) electrons. The molecule has 0 aliphatic carbocycles. The summed E-state index contributed by atoms with van der Waals surface area (Å²) in [5.74, 6) is 0. The molecule has 7 aromatic carbocycles. The summed E-state index contributed by atoms with van der Waals surface area (Å²) in [7, 11) is -3.18. The van der Waals surface area contributed by atoms with Gasteiger partial charge in [-0.1, -0.05) is 172 Å². The smallest absolute Gasteiger partial charge is 1.00 e. The Morgan fingerprint density at radius 1 is 0.407 bits per heavy atom. The van der Waals surface area contributed by atoms with Crippen LogP contribution in [0, 0.1) is 69.2 Å². The largest absolute Gasteiger partial charge is 4.00 e. The molecule has 0 heterocycles. The first kappa shape index (κ1) is 49.8. The van der Waals surface area contributed by atoms with Crippen LogP contribution in [0.1, 0.15) is 89.0 Å². The van der Waals surface area contributed by atoms with Crippen LogP contribution < -0.4 is 58.0 Å². The molecule has 0 N–H and O–H groups in total. The van der Waals surface area contributed by atoms with Gasteiger partial charge in [0.2, 0.25) is 0 Å². The third-order valence-electron chi connectivity index (χ3n) is 12.5. The Hall–Kier alpha value is -3.53. The number of hydrogen-bond acceptors (Lipinski definition) is 0. The number of hydrogen-bond donors (Lipinski definition) is 0. The quantitative estimate of drug-likeness (QED) is 0.112. The van der Waals surface area contributed by atoms with Crippen molar-refractivity contribution in [2.75, 3.05) is 0 Å². The fourth-order valence-corrected chi connectivity index (χ4v) is 16.4. The van der Waals surface area contributed by atoms with Crippen LogP contribution in [-0.4, -0.2) is 8.07 Å². The van der Waals surface area contributed by atoms with Gasteiger partial charge < -0.3 is 37.2 Å². The Bertz CT molecular complexity index is 2240. The number of halogens is 3. The maximum atomic E-state index is 2.63. The van der Waals surface area contributed by atoms with Gasteiger partial charge in [0.15, 0.2) is 8.07 Å². The van der Waals surface area contributed by atoms with Crippen LogP contribution in [0.4, 0.5) is 0 Å². The number of aryl methyl sites for hydroxylation is 6. The average molecular weight is 888 g/mol. The fraction of sp³-hybridized carbons (Fsp3) is 0.241. The van der Waals surface area contributed by atoms with Crippen LogP contribution in [-0.2, 0) is 41.0 Å². The van der Waals surface area contributed by atoms with Gasteiger partial charge in [0.1, 0.15) is 0 Å². The molecule has 0 saturated heterocycles. The molecule has 0 aliphatic rings. The van der Waals surface area contributed by atoms with E-state index < -0.39 is 8.07 Å². The van der Waals surface area contributed by atoms with Gasteiger partial charge >= 0.3 is 21.7 Å². The molecule has 0 unspecified atom stereocenters. The second kappa shape index (κ2) is 20.8. The maximum absolute atomic E-state index is 3.18. The molecule has 0 bridgehead atoms. The molecule has 0 saturated carbocycles. The number of benzene rings is 6. The van der Waals surface area contributed by atoms with Gasteiger partial charge in [-0.2, -0.15) is 27.4 Å². The third kappa shape index (κ3) is 9.68. The Labute approximate surface area is 389 Å². The van der Waals surface area contributed by atoms with Crippen molar-refractivity contribution in [1.82, 2.24) is 0 Å². The van der Waals surface area contributed by atoms with Crippen molar-refractivity contribution in [1.29, 1.82) is 0 Å². The van der Waals surface area contributed by atoms with Crippen molar-refractivity contribution in [2.45, 2.75) is 88.5 Å². The molecule has 59 heavy (non-hydrogen) atoms. The Balaban J connectivity index is 0.00000233. The van der Waals surface area contributed by atoms with Crippen molar-refractivity contribution >= 4 is 28.8 Å². The van der Waals surface area contributed by atoms with Crippen molar-refractivity contribution in [3.05, 3.63) is 216 Å². The molecule has 0 amide bonds. The Morgan fingerprint density at radius 2 is 0.695 bits per heavy atom. The summed E-state index contributed by atoms with van der Waals surface area (Å²) >= 11 is 0. The molecule has 5 heteroatoms. The molecule has 7 rings (SSSR count). The molecule has 302 valence electrons. The summed E-state index contributed by atoms with van der Waals surface area (Å²) in [5, 5.41) is 6.22. The molecule has 0 aromatic heterocycles. The summed E-state index contributed by atoms with van der Waals surface area (Å²) in [6.07, 6.45) is 2.68. The van der Waals surface area contributed by atoms with E-state index in [4.69, 9.17) is 0 Å². The van der Waals surface area contributed by atoms with Crippen molar-refractivity contribution in [2.24, 2.45) is 0 Å². The van der Waals surface area contributed by atoms with Gasteiger partial charge in [-0.3, -0.25) is 0 Å². The summed E-state index contributed by atoms with van der Waals surface area (Å²) in [4.78, 5) is 0. The SMILES string of the molecule is Cc1cc(C)c(Cc2ccccc2)c([Si](c2cc(C)cc(C)c2Cc2ccccc2)(c2cc(C)cc(C)c2Cc2ccccc2)c2c(C)c(C)c(C)[c-]2C)c1.[Cl-].[Cl-].[Cl-].[Ti+4]. The summed E-state index contributed by atoms with van der Waals surface area (Å²) in [5.41, 5.74) is 22.4. The monoisotopic (exact) mass is 886 g/mol. The van der Waals surface area contributed by atoms with Crippen molar-refractivity contribution in [3.63, 3.8) is 0 Å². The van der Waals surface area contributed by atoms with E-state index in [-0.39, 0.29) is 58.9 Å². The first-order valence-electron chi connectivity index (χ1n) is 20.1. The number of rotatable bonds is 10. The standard InChI is InChI=1S/C54H57Si.3ClH.Ti/c1-35-26-38(4)48(32-45-20-14-11-15-21-45)51(29-35)55(54-43(9)41(7)42(8)44(54)10,52-30-36(2)27-39(5)49(52)33-46-22-16-12-17-23-46)53-31-37(3)28-40(6)50(53)34-47-24-18-13-19-25-47;;;;/h11-31H,32-34H2,1-10H3;3*1H;/q-1;;;;+4/p-3. The van der Waals surface area contributed by atoms with E-state index in [2.05, 4.69) is 197 Å². The van der Waals surface area contributed by atoms with Gasteiger partial charge in [-0.15, -0.1) is 0 Å². The van der Waals surface area contributed by atoms with Gasteiger partial charge in [-0.25, -0.2) is 0 Å². The van der Waals surface area contributed by atoms with Gasteiger partial charge in [0.25, 0.3) is 0 Å². The molecule has 0 spiro atoms. The first-order chi connectivity index (χ1) is 26.4. The summed E-state index contributed by atoms with van der Waals surface area (Å²) in [6, 6.07) is 48.7. The maximum Gasteiger partial charge on any atom is 4.00 e. The van der Waals surface area contributed by atoms with Crippen LogP contribution in [0.25, 0.3) is 0 Å². The third-order valence-corrected chi connectivity index (χ3v) is 17.8. The van der Waals surface area contributed by atoms with Gasteiger partial charge in [-0.05, 0) is 126 Å². The normalized spacial score (nSPS) is 10.9. The minimum atomic E-state index is -3.18. The van der Waals surface area contributed by atoms with E-state index in [1.165, 1.54) is 89.0 Å². The topological polar surface area (TPSA) is 0 Å². The van der Waals surface area contributed by atoms with E-state index in [0.717, 1.165) is 19.3 Å². The second-order valence-electron chi connectivity index (χ2n) is 16.4. The van der Waals surface area contributed by atoms with E-state index in [1.54, 1.807) is 20.7 Å². The van der Waals surface area contributed by atoms with Crippen LogP contribution in [0.5, 0.6) is 0 Å². The summed E-state index contributed by atoms with van der Waals surface area (Å²) in [6.45, 7) is 23.7. The molecule has 7 aromatic rings. The average Bonchev–Trinajstić information content (AvgIpc) is 3.35. The predicted octanol–water partition coefficient (Wildman–Crippen LogP) is 1.65. The van der Waals surface area contributed by atoms with Crippen LogP contribution >= 0.6 is 0 Å². The minimum Gasteiger partial charge on any atom is -1.00 e. The van der Waals surface area contributed by atoms with Crippen LogP contribution in [0.15, 0.2) is 127 Å². The summed E-state index contributed by atoms with van der Waals surface area (Å²) < 4.78 is 0. The van der Waals surface area contributed by atoms with E-state index in [1.807, 2.05) is 0 Å². The molecule has 0 aliphatic heterocycles. The van der Waals surface area contributed by atoms with Crippen molar-refractivity contribution in [3.8, 4) is 0 Å². The predicted molar refractivity (Wildman–Crippen MR) is 241 cm³/mol.